The molecule has 1 heterocycles. The average molecular weight is 364 g/mol. The maximum absolute atomic E-state index is 13.0. The van der Waals surface area contributed by atoms with E-state index in [1.54, 1.807) is 0 Å². The van der Waals surface area contributed by atoms with Crippen LogP contribution in [0.25, 0.3) is 0 Å². The average Bonchev–Trinajstić information content (AvgIpc) is 2.35. The molecule has 1 rings (SSSR count). The summed E-state index contributed by atoms with van der Waals surface area (Å²) in [4.78, 5) is 14.7. The number of ether oxygens (including phenoxy) is 2. The fourth-order valence-corrected chi connectivity index (χ4v) is 1.74. The summed E-state index contributed by atoms with van der Waals surface area (Å²) in [7, 11) is 0.891. The van der Waals surface area contributed by atoms with Gasteiger partial charge in [-0.05, 0) is 0 Å². The van der Waals surface area contributed by atoms with Crippen LogP contribution in [0.5, 0.6) is 5.75 Å². The van der Waals surface area contributed by atoms with E-state index in [0.29, 0.717) is 0 Å². The number of alkyl halides is 6. The van der Waals surface area contributed by atoms with Gasteiger partial charge in [-0.1, -0.05) is 15.9 Å². The van der Waals surface area contributed by atoms with E-state index in [-0.39, 0.29) is 10.9 Å². The van der Waals surface area contributed by atoms with Crippen LogP contribution in [0.2, 0.25) is 0 Å². The van der Waals surface area contributed by atoms with E-state index in [9.17, 15) is 26.7 Å². The van der Waals surface area contributed by atoms with Crippen LogP contribution < -0.4 is 4.74 Å². The monoisotopic (exact) mass is 363 g/mol. The van der Waals surface area contributed by atoms with Crippen molar-refractivity contribution in [1.29, 1.82) is 0 Å². The van der Waals surface area contributed by atoms with Crippen molar-refractivity contribution in [3.8, 4) is 5.75 Å². The Morgan fingerprint density at radius 1 is 1.45 bits per heavy atom. The van der Waals surface area contributed by atoms with Crippen LogP contribution >= 0.6 is 15.9 Å². The van der Waals surface area contributed by atoms with Crippen LogP contribution in [-0.2, 0) is 10.1 Å². The Morgan fingerprint density at radius 3 is 2.45 bits per heavy atom. The summed E-state index contributed by atoms with van der Waals surface area (Å²) in [5, 5.41) is -0.216. The summed E-state index contributed by atoms with van der Waals surface area (Å²) in [6.07, 6.45) is -7.75. The van der Waals surface area contributed by atoms with Crippen molar-refractivity contribution in [3.05, 3.63) is 23.0 Å². The predicted octanol–water partition coefficient (Wildman–Crippen LogP) is 3.60. The van der Waals surface area contributed by atoms with Crippen LogP contribution in [0.1, 0.15) is 28.0 Å². The second-order valence-corrected chi connectivity index (χ2v) is 3.91. The molecule has 10 heteroatoms. The van der Waals surface area contributed by atoms with Gasteiger partial charge >= 0.3 is 12.3 Å². The molecule has 0 aromatic carbocycles. The highest BCUT2D eigenvalue weighted by atomic mass is 79.9. The normalized spacial score (nSPS) is 11.6. The summed E-state index contributed by atoms with van der Waals surface area (Å²) in [6.45, 7) is 0. The molecule has 112 valence electrons. The van der Waals surface area contributed by atoms with Crippen molar-refractivity contribution in [2.24, 2.45) is 0 Å². The Hall–Kier alpha value is -1.45. The second kappa shape index (κ2) is 6.33. The smallest absolute Gasteiger partial charge is 0.464 e. The first-order valence-electron chi connectivity index (χ1n) is 4.91. The zero-order valence-corrected chi connectivity index (χ0v) is 11.4. The van der Waals surface area contributed by atoms with Crippen LogP contribution in [0.3, 0.4) is 0 Å². The first-order chi connectivity index (χ1) is 9.21. The first kappa shape index (κ1) is 16.6. The first-order valence-corrected chi connectivity index (χ1v) is 6.03. The van der Waals surface area contributed by atoms with Crippen LogP contribution in [0, 0.1) is 0 Å². The summed E-state index contributed by atoms with van der Waals surface area (Å²) in [5.41, 5.74) is -2.46. The summed E-state index contributed by atoms with van der Waals surface area (Å²) < 4.78 is 70.6. The SMILES string of the molecule is COC(=O)c1ncc(CBr)c(OC(F)(F)F)c1C(F)F. The predicted molar refractivity (Wildman–Crippen MR) is 59.8 cm³/mol. The maximum atomic E-state index is 13.0. The molecule has 0 amide bonds. The standard InChI is InChI=1S/C10H7BrF5NO3/c1-19-9(18)6-5(8(12)13)7(20-10(14,15)16)4(2-11)3-17-6/h3,8H,2H2,1H3. The molecule has 0 aliphatic carbocycles. The highest BCUT2D eigenvalue weighted by molar-refractivity contribution is 9.08. The van der Waals surface area contributed by atoms with Crippen LogP contribution in [-0.4, -0.2) is 24.4 Å². The number of esters is 1. The van der Waals surface area contributed by atoms with Gasteiger partial charge in [0.15, 0.2) is 5.69 Å². The van der Waals surface area contributed by atoms with Gasteiger partial charge in [0.05, 0.1) is 12.7 Å². The second-order valence-electron chi connectivity index (χ2n) is 3.35. The third-order valence-corrected chi connectivity index (χ3v) is 2.70. The van der Waals surface area contributed by atoms with Crippen molar-refractivity contribution in [1.82, 2.24) is 4.98 Å². The van der Waals surface area contributed by atoms with E-state index >= 15 is 0 Å². The Morgan fingerprint density at radius 2 is 2.05 bits per heavy atom. The van der Waals surface area contributed by atoms with Crippen molar-refractivity contribution < 1.29 is 36.2 Å². The molecule has 1 aromatic heterocycles. The van der Waals surface area contributed by atoms with E-state index in [1.165, 1.54) is 0 Å². The van der Waals surface area contributed by atoms with E-state index in [1.807, 2.05) is 0 Å². The van der Waals surface area contributed by atoms with E-state index in [4.69, 9.17) is 0 Å². The van der Waals surface area contributed by atoms with Gasteiger partial charge in [-0.2, -0.15) is 0 Å². The molecule has 0 bridgehead atoms. The van der Waals surface area contributed by atoms with Gasteiger partial charge in [-0.15, -0.1) is 13.2 Å². The summed E-state index contributed by atoms with van der Waals surface area (Å²) in [5.74, 6) is -2.44. The maximum Gasteiger partial charge on any atom is 0.573 e. The minimum Gasteiger partial charge on any atom is -0.464 e. The van der Waals surface area contributed by atoms with Crippen LogP contribution in [0.4, 0.5) is 22.0 Å². The number of halogens is 6. The number of hydrogen-bond acceptors (Lipinski definition) is 4. The Bertz CT molecular complexity index is 506. The largest absolute Gasteiger partial charge is 0.573 e. The highest BCUT2D eigenvalue weighted by Crippen LogP contribution is 2.38. The number of rotatable bonds is 4. The lowest BCUT2D eigenvalue weighted by molar-refractivity contribution is -0.275. The minimum absolute atomic E-state index is 0.216. The number of carbonyl (C=O) groups excluding carboxylic acids is 1. The highest BCUT2D eigenvalue weighted by Gasteiger charge is 2.37. The molecule has 0 aliphatic rings. The number of carbonyl (C=O) groups is 1. The van der Waals surface area contributed by atoms with Gasteiger partial charge in [0.2, 0.25) is 0 Å². The van der Waals surface area contributed by atoms with Crippen molar-refractivity contribution in [3.63, 3.8) is 0 Å². The number of hydrogen-bond donors (Lipinski definition) is 0. The number of nitrogens with zero attached hydrogens (tertiary/aromatic N) is 1. The molecule has 0 saturated heterocycles. The van der Waals surface area contributed by atoms with Gasteiger partial charge in [0.25, 0.3) is 6.43 Å². The number of methoxy groups -OCH3 is 1. The molecule has 0 saturated carbocycles. The lowest BCUT2D eigenvalue weighted by Crippen LogP contribution is -2.21. The van der Waals surface area contributed by atoms with Gasteiger partial charge < -0.3 is 9.47 Å². The third-order valence-electron chi connectivity index (χ3n) is 2.10. The number of aromatic nitrogens is 1. The minimum atomic E-state index is -5.19. The molecule has 20 heavy (non-hydrogen) atoms. The molecular formula is C10H7BrF5NO3. The Labute approximate surface area is 118 Å². The lowest BCUT2D eigenvalue weighted by atomic mass is 10.1. The number of pyridine rings is 1. The Balaban J connectivity index is 3.53. The molecule has 0 fully saturated rings. The van der Waals surface area contributed by atoms with Gasteiger partial charge in [0, 0.05) is 17.1 Å². The van der Waals surface area contributed by atoms with Crippen LogP contribution in [0.15, 0.2) is 6.20 Å². The van der Waals surface area contributed by atoms with E-state index in [0.717, 1.165) is 13.3 Å². The fourth-order valence-electron chi connectivity index (χ4n) is 1.34. The zero-order chi connectivity index (χ0) is 15.5. The molecule has 0 N–H and O–H groups in total. The van der Waals surface area contributed by atoms with Crippen molar-refractivity contribution in [2.45, 2.75) is 18.1 Å². The molecular weight excluding hydrogens is 357 g/mol. The molecule has 0 atom stereocenters. The molecule has 0 spiro atoms. The topological polar surface area (TPSA) is 48.4 Å². The summed E-state index contributed by atoms with van der Waals surface area (Å²) in [6, 6.07) is 0. The summed E-state index contributed by atoms with van der Waals surface area (Å²) >= 11 is 2.83. The fraction of sp³-hybridized carbons (Fsp3) is 0.400. The van der Waals surface area contributed by atoms with Gasteiger partial charge in [0.1, 0.15) is 5.75 Å². The molecule has 0 radical (unpaired) electrons. The zero-order valence-electron chi connectivity index (χ0n) is 9.80. The molecule has 1 aromatic rings. The van der Waals surface area contributed by atoms with Gasteiger partial charge in [-0.25, -0.2) is 18.6 Å². The van der Waals surface area contributed by atoms with E-state index in [2.05, 4.69) is 30.4 Å². The lowest BCUT2D eigenvalue weighted by Gasteiger charge is -2.17. The molecule has 4 nitrogen and oxygen atoms in total. The molecule has 0 unspecified atom stereocenters. The van der Waals surface area contributed by atoms with Crippen molar-refractivity contribution >= 4 is 21.9 Å². The van der Waals surface area contributed by atoms with Gasteiger partial charge in [-0.3, -0.25) is 0 Å². The Kier molecular flexibility index (Phi) is 5.26. The van der Waals surface area contributed by atoms with E-state index < -0.39 is 35.8 Å². The quantitative estimate of drug-likeness (QED) is 0.466. The van der Waals surface area contributed by atoms with Crippen molar-refractivity contribution in [2.75, 3.05) is 7.11 Å². The molecule has 0 aliphatic heterocycles. The third kappa shape index (κ3) is 3.78.